The molecule has 1 aliphatic heterocycles. The molecule has 1 saturated heterocycles. The zero-order valence-electron chi connectivity index (χ0n) is 10.6. The second-order valence-electron chi connectivity index (χ2n) is 4.35. The summed E-state index contributed by atoms with van der Waals surface area (Å²) in [7, 11) is 0. The van der Waals surface area contributed by atoms with Gasteiger partial charge in [0.25, 0.3) is 0 Å². The smallest absolute Gasteiger partial charge is 0.328 e. The fourth-order valence-corrected chi connectivity index (χ4v) is 1.84. The highest BCUT2D eigenvalue weighted by atomic mass is 19.2. The lowest BCUT2D eigenvalue weighted by molar-refractivity contribution is -0.144. The maximum Gasteiger partial charge on any atom is 0.328 e. The first-order valence-electron chi connectivity index (χ1n) is 5.90. The number of aliphatic carboxylic acids is 1. The molecular formula is C12H11F2N3O4. The predicted octanol–water partition coefficient (Wildman–Crippen LogP) is 0.382. The van der Waals surface area contributed by atoms with Gasteiger partial charge in [-0.3, -0.25) is 9.69 Å². The molecule has 0 radical (unpaired) electrons. The van der Waals surface area contributed by atoms with Gasteiger partial charge in [-0.2, -0.15) is 0 Å². The number of halogens is 2. The number of carboxylic acids is 1. The number of amides is 3. The molecular weight excluding hydrogens is 288 g/mol. The van der Waals surface area contributed by atoms with Crippen LogP contribution in [0.2, 0.25) is 0 Å². The van der Waals surface area contributed by atoms with Crippen molar-refractivity contribution in [3.8, 4) is 0 Å². The number of piperazine rings is 1. The number of urea groups is 1. The van der Waals surface area contributed by atoms with Crippen LogP contribution in [0.3, 0.4) is 0 Å². The van der Waals surface area contributed by atoms with E-state index in [2.05, 4.69) is 10.6 Å². The first-order chi connectivity index (χ1) is 9.88. The number of hydrogen-bond donors (Lipinski definition) is 3. The minimum Gasteiger partial charge on any atom is -0.480 e. The maximum absolute atomic E-state index is 13.0. The summed E-state index contributed by atoms with van der Waals surface area (Å²) in [5.41, 5.74) is -0.0472. The molecule has 0 aliphatic carbocycles. The van der Waals surface area contributed by atoms with Crippen LogP contribution in [0.25, 0.3) is 0 Å². The van der Waals surface area contributed by atoms with Gasteiger partial charge in [0.1, 0.15) is 12.6 Å². The highest BCUT2D eigenvalue weighted by molar-refractivity contribution is 5.96. The van der Waals surface area contributed by atoms with Gasteiger partial charge in [0, 0.05) is 18.3 Å². The van der Waals surface area contributed by atoms with Crippen molar-refractivity contribution < 1.29 is 28.3 Å². The van der Waals surface area contributed by atoms with Gasteiger partial charge in [-0.15, -0.1) is 0 Å². The number of nitrogens with one attached hydrogen (secondary N) is 2. The zero-order chi connectivity index (χ0) is 15.6. The maximum atomic E-state index is 13.0. The molecule has 2 rings (SSSR count). The summed E-state index contributed by atoms with van der Waals surface area (Å²) in [6, 6.07) is 0.585. The van der Waals surface area contributed by atoms with E-state index < -0.39 is 42.1 Å². The first-order valence-corrected chi connectivity index (χ1v) is 5.90. The standard InChI is InChI=1S/C12H11F2N3O4/c13-7-2-1-6(3-8(7)14)16-12(21)17-5-10(18)15-4-9(17)11(19)20/h1-3,9H,4-5H2,(H,15,18)(H,16,21)(H,19,20). The van der Waals surface area contributed by atoms with Crippen molar-refractivity contribution in [3.63, 3.8) is 0 Å². The van der Waals surface area contributed by atoms with E-state index in [4.69, 9.17) is 5.11 Å². The lowest BCUT2D eigenvalue weighted by Gasteiger charge is -2.32. The Labute approximate surface area is 117 Å². The molecule has 0 aromatic heterocycles. The van der Waals surface area contributed by atoms with E-state index in [1.54, 1.807) is 0 Å². The molecule has 1 aliphatic rings. The van der Waals surface area contributed by atoms with Crippen molar-refractivity contribution in [3.05, 3.63) is 29.8 Å². The van der Waals surface area contributed by atoms with Crippen LogP contribution in [-0.2, 0) is 9.59 Å². The van der Waals surface area contributed by atoms with Gasteiger partial charge in [0.05, 0.1) is 0 Å². The van der Waals surface area contributed by atoms with Gasteiger partial charge in [-0.25, -0.2) is 18.4 Å². The van der Waals surface area contributed by atoms with Crippen molar-refractivity contribution in [2.75, 3.05) is 18.4 Å². The molecule has 3 N–H and O–H groups in total. The number of hydrogen-bond acceptors (Lipinski definition) is 3. The quantitative estimate of drug-likeness (QED) is 0.735. The first kappa shape index (κ1) is 14.7. The van der Waals surface area contributed by atoms with E-state index in [0.29, 0.717) is 0 Å². The number of benzene rings is 1. The summed E-state index contributed by atoms with van der Waals surface area (Å²) in [6.07, 6.45) is 0. The molecule has 1 heterocycles. The second-order valence-corrected chi connectivity index (χ2v) is 4.35. The van der Waals surface area contributed by atoms with E-state index in [-0.39, 0.29) is 12.2 Å². The van der Waals surface area contributed by atoms with Gasteiger partial charge >= 0.3 is 12.0 Å². The van der Waals surface area contributed by atoms with E-state index >= 15 is 0 Å². The average molecular weight is 299 g/mol. The Morgan fingerprint density at radius 2 is 2.05 bits per heavy atom. The van der Waals surface area contributed by atoms with Crippen LogP contribution in [0.1, 0.15) is 0 Å². The van der Waals surface area contributed by atoms with Crippen LogP contribution >= 0.6 is 0 Å². The van der Waals surface area contributed by atoms with Crippen molar-refractivity contribution in [1.29, 1.82) is 0 Å². The number of anilines is 1. The number of carboxylic acid groups (broad SMARTS) is 1. The van der Waals surface area contributed by atoms with Crippen LogP contribution in [0.15, 0.2) is 18.2 Å². The molecule has 0 saturated carbocycles. The van der Waals surface area contributed by atoms with Crippen LogP contribution < -0.4 is 10.6 Å². The van der Waals surface area contributed by atoms with E-state index in [0.717, 1.165) is 23.1 Å². The van der Waals surface area contributed by atoms with E-state index in [1.165, 1.54) is 0 Å². The SMILES string of the molecule is O=C1CN(C(=O)Nc2ccc(F)c(F)c2)C(C(=O)O)CN1. The van der Waals surface area contributed by atoms with Crippen molar-refractivity contribution in [2.45, 2.75) is 6.04 Å². The molecule has 1 unspecified atom stereocenters. The zero-order valence-corrected chi connectivity index (χ0v) is 10.6. The van der Waals surface area contributed by atoms with Crippen molar-refractivity contribution in [2.24, 2.45) is 0 Å². The Morgan fingerprint density at radius 3 is 2.67 bits per heavy atom. The molecule has 1 aromatic carbocycles. The third-order valence-electron chi connectivity index (χ3n) is 2.90. The Balaban J connectivity index is 2.14. The molecule has 21 heavy (non-hydrogen) atoms. The summed E-state index contributed by atoms with van der Waals surface area (Å²) in [5.74, 6) is -4.02. The molecule has 0 bridgehead atoms. The van der Waals surface area contributed by atoms with Gasteiger partial charge in [-0.05, 0) is 12.1 Å². The lowest BCUT2D eigenvalue weighted by atomic mass is 10.2. The van der Waals surface area contributed by atoms with E-state index in [1.807, 2.05) is 0 Å². The lowest BCUT2D eigenvalue weighted by Crippen LogP contribution is -2.60. The minimum atomic E-state index is -1.28. The fraction of sp³-hybridized carbons (Fsp3) is 0.250. The number of rotatable bonds is 2. The van der Waals surface area contributed by atoms with E-state index in [9.17, 15) is 23.2 Å². The predicted molar refractivity (Wildman–Crippen MR) is 66.5 cm³/mol. The third kappa shape index (κ3) is 3.25. The van der Waals surface area contributed by atoms with Crippen LogP contribution in [-0.4, -0.2) is 47.0 Å². The largest absolute Gasteiger partial charge is 0.480 e. The molecule has 1 aromatic rings. The topological polar surface area (TPSA) is 98.7 Å². The Morgan fingerprint density at radius 1 is 1.33 bits per heavy atom. The Bertz CT molecular complexity index is 608. The second kappa shape index (κ2) is 5.73. The molecule has 3 amide bonds. The molecule has 1 atom stereocenters. The molecule has 0 spiro atoms. The summed E-state index contributed by atoms with van der Waals surface area (Å²) in [6.45, 7) is -0.661. The summed E-state index contributed by atoms with van der Waals surface area (Å²) in [5, 5.41) is 13.6. The molecule has 112 valence electrons. The van der Waals surface area contributed by atoms with Crippen LogP contribution in [0.4, 0.5) is 19.3 Å². The number of nitrogens with zero attached hydrogens (tertiary/aromatic N) is 1. The third-order valence-corrected chi connectivity index (χ3v) is 2.90. The number of carbonyl (C=O) groups excluding carboxylic acids is 2. The molecule has 7 nitrogen and oxygen atoms in total. The van der Waals surface area contributed by atoms with Crippen molar-refractivity contribution >= 4 is 23.6 Å². The summed E-state index contributed by atoms with van der Waals surface area (Å²) >= 11 is 0. The highest BCUT2D eigenvalue weighted by Crippen LogP contribution is 2.15. The van der Waals surface area contributed by atoms with Crippen LogP contribution in [0.5, 0.6) is 0 Å². The normalized spacial score (nSPS) is 18.1. The Hall–Kier alpha value is -2.71. The van der Waals surface area contributed by atoms with Gasteiger partial charge in [0.15, 0.2) is 11.6 Å². The van der Waals surface area contributed by atoms with Crippen molar-refractivity contribution in [1.82, 2.24) is 10.2 Å². The van der Waals surface area contributed by atoms with Gasteiger partial charge in [0.2, 0.25) is 5.91 Å². The summed E-state index contributed by atoms with van der Waals surface area (Å²) < 4.78 is 25.8. The highest BCUT2D eigenvalue weighted by Gasteiger charge is 2.35. The number of carbonyl (C=O) groups is 3. The fourth-order valence-electron chi connectivity index (χ4n) is 1.84. The van der Waals surface area contributed by atoms with Gasteiger partial charge < -0.3 is 15.7 Å². The van der Waals surface area contributed by atoms with Crippen LogP contribution in [0, 0.1) is 11.6 Å². The summed E-state index contributed by atoms with van der Waals surface area (Å²) in [4.78, 5) is 35.1. The minimum absolute atomic E-state index is 0.0472. The van der Waals surface area contributed by atoms with Gasteiger partial charge in [-0.1, -0.05) is 0 Å². The monoisotopic (exact) mass is 299 g/mol. The molecule has 1 fully saturated rings. The average Bonchev–Trinajstić information content (AvgIpc) is 2.42. The molecule has 9 heteroatoms. The Kier molecular flexibility index (Phi) is 4.01.